The summed E-state index contributed by atoms with van der Waals surface area (Å²) in [5, 5.41) is 11.3. The number of benzene rings is 2. The van der Waals surface area contributed by atoms with Crippen molar-refractivity contribution in [2.24, 2.45) is 5.92 Å². The van der Waals surface area contributed by atoms with Gasteiger partial charge >= 0.3 is 0 Å². The fourth-order valence-electron chi connectivity index (χ4n) is 4.70. The molecule has 1 atom stereocenters. The zero-order chi connectivity index (χ0) is 27.7. The van der Waals surface area contributed by atoms with Crippen LogP contribution in [0.1, 0.15) is 64.6 Å². The van der Waals surface area contributed by atoms with Gasteiger partial charge in [-0.05, 0) is 63.0 Å². The van der Waals surface area contributed by atoms with Crippen molar-refractivity contribution in [2.75, 3.05) is 39.4 Å². The summed E-state index contributed by atoms with van der Waals surface area (Å²) in [7, 11) is 0. The predicted octanol–water partition coefficient (Wildman–Crippen LogP) is 5.66. The number of hydrogen-bond donors (Lipinski definition) is 1. The standard InChI is InChI=1S/C31H42N2O5/c1-6-32(7-2)18-12-19-33-28(27(30(35)31(33)36)29(34)23-13-10-9-11-14-23)24-15-16-25(26(21-24)37-8-3)38-20-17-22(4)5/h9-11,13-16,21-22,28,34H,6-8,12,17-20H2,1-5H3/b29-27+. The number of likely N-dealkylation sites (tertiary alicyclic amines) is 1. The molecule has 1 unspecified atom stereocenters. The number of nitrogens with zero attached hydrogens (tertiary/aromatic N) is 2. The van der Waals surface area contributed by atoms with Crippen LogP contribution in [0.25, 0.3) is 5.76 Å². The van der Waals surface area contributed by atoms with Gasteiger partial charge in [-0.25, -0.2) is 0 Å². The molecule has 0 radical (unpaired) electrons. The molecule has 2 aromatic carbocycles. The largest absolute Gasteiger partial charge is 0.507 e. The molecule has 1 saturated heterocycles. The van der Waals surface area contributed by atoms with Gasteiger partial charge in [0.05, 0.1) is 24.8 Å². The summed E-state index contributed by atoms with van der Waals surface area (Å²) in [6, 6.07) is 13.7. The van der Waals surface area contributed by atoms with Gasteiger partial charge in [0.2, 0.25) is 0 Å². The van der Waals surface area contributed by atoms with Crippen molar-refractivity contribution in [3.05, 3.63) is 65.2 Å². The second-order valence-electron chi connectivity index (χ2n) is 9.91. The van der Waals surface area contributed by atoms with Gasteiger partial charge in [-0.3, -0.25) is 9.59 Å². The molecule has 0 saturated carbocycles. The molecule has 0 aliphatic carbocycles. The Labute approximate surface area is 227 Å². The molecule has 0 spiro atoms. The number of ketones is 1. The van der Waals surface area contributed by atoms with Crippen molar-refractivity contribution in [3.63, 3.8) is 0 Å². The van der Waals surface area contributed by atoms with E-state index in [0.29, 0.717) is 54.7 Å². The molecule has 1 aliphatic heterocycles. The second-order valence-corrected chi connectivity index (χ2v) is 9.91. The summed E-state index contributed by atoms with van der Waals surface area (Å²) in [5.41, 5.74) is 1.29. The second kappa shape index (κ2) is 14.0. The van der Waals surface area contributed by atoms with Crippen LogP contribution in [0, 0.1) is 5.92 Å². The van der Waals surface area contributed by atoms with Gasteiger partial charge in [0.15, 0.2) is 11.5 Å². The van der Waals surface area contributed by atoms with Gasteiger partial charge in [-0.15, -0.1) is 0 Å². The minimum atomic E-state index is -0.726. The molecule has 3 rings (SSSR count). The van der Waals surface area contributed by atoms with Crippen molar-refractivity contribution in [3.8, 4) is 11.5 Å². The number of carbonyl (C=O) groups excluding carboxylic acids is 2. The SMILES string of the molecule is CCOc1cc(C2/C(=C(\O)c3ccccc3)C(=O)C(=O)N2CCCN(CC)CC)ccc1OCCC(C)C. The topological polar surface area (TPSA) is 79.3 Å². The van der Waals surface area contributed by atoms with Crippen molar-refractivity contribution in [1.82, 2.24) is 9.80 Å². The first kappa shape index (κ1) is 29.2. The number of amides is 1. The lowest BCUT2D eigenvalue weighted by atomic mass is 9.95. The summed E-state index contributed by atoms with van der Waals surface area (Å²) in [6.45, 7) is 14.5. The van der Waals surface area contributed by atoms with Crippen molar-refractivity contribution in [1.29, 1.82) is 0 Å². The highest BCUT2D eigenvalue weighted by Crippen LogP contribution is 2.42. The average molecular weight is 523 g/mol. The van der Waals surface area contributed by atoms with E-state index >= 15 is 0 Å². The molecule has 38 heavy (non-hydrogen) atoms. The summed E-state index contributed by atoms with van der Waals surface area (Å²) in [6.07, 6.45) is 1.63. The lowest BCUT2D eigenvalue weighted by molar-refractivity contribution is -0.140. The number of aliphatic hydroxyl groups is 1. The Morgan fingerprint density at radius 3 is 2.34 bits per heavy atom. The van der Waals surface area contributed by atoms with E-state index < -0.39 is 17.7 Å². The summed E-state index contributed by atoms with van der Waals surface area (Å²) in [4.78, 5) is 30.5. The number of ether oxygens (including phenoxy) is 2. The van der Waals surface area contributed by atoms with Crippen molar-refractivity contribution < 1.29 is 24.2 Å². The Kier molecular flexibility index (Phi) is 10.8. The predicted molar refractivity (Wildman–Crippen MR) is 150 cm³/mol. The van der Waals surface area contributed by atoms with Crippen molar-refractivity contribution >= 4 is 17.4 Å². The van der Waals surface area contributed by atoms with E-state index in [1.807, 2.05) is 31.2 Å². The van der Waals surface area contributed by atoms with Gasteiger partial charge in [-0.2, -0.15) is 0 Å². The normalized spacial score (nSPS) is 17.0. The molecule has 1 heterocycles. The lowest BCUT2D eigenvalue weighted by Crippen LogP contribution is -2.33. The van der Waals surface area contributed by atoms with E-state index in [4.69, 9.17) is 9.47 Å². The van der Waals surface area contributed by atoms with E-state index in [1.165, 1.54) is 0 Å². The third-order valence-electron chi connectivity index (χ3n) is 6.89. The lowest BCUT2D eigenvalue weighted by Gasteiger charge is -2.27. The highest BCUT2D eigenvalue weighted by atomic mass is 16.5. The maximum atomic E-state index is 13.3. The van der Waals surface area contributed by atoms with Crippen LogP contribution in [0.4, 0.5) is 0 Å². The number of Topliss-reactive ketones (excluding diaryl/α,β-unsaturated/α-hetero) is 1. The highest BCUT2D eigenvalue weighted by Gasteiger charge is 2.46. The van der Waals surface area contributed by atoms with Crippen molar-refractivity contribution in [2.45, 2.75) is 53.5 Å². The summed E-state index contributed by atoms with van der Waals surface area (Å²) < 4.78 is 11.9. The van der Waals surface area contributed by atoms with Crippen LogP contribution in [0.15, 0.2) is 54.1 Å². The fourth-order valence-corrected chi connectivity index (χ4v) is 4.70. The number of rotatable bonds is 14. The van der Waals surface area contributed by atoms with E-state index in [9.17, 15) is 14.7 Å². The van der Waals surface area contributed by atoms with Gasteiger partial charge in [-0.1, -0.05) is 64.1 Å². The fraction of sp³-hybridized carbons (Fsp3) is 0.484. The molecule has 0 aromatic heterocycles. The zero-order valence-electron chi connectivity index (χ0n) is 23.4. The van der Waals surface area contributed by atoms with Gasteiger partial charge < -0.3 is 24.4 Å². The average Bonchev–Trinajstić information content (AvgIpc) is 3.17. The van der Waals surface area contributed by atoms with Crippen LogP contribution in [-0.4, -0.2) is 66.0 Å². The van der Waals surface area contributed by atoms with Crippen LogP contribution < -0.4 is 9.47 Å². The molecule has 1 N–H and O–H groups in total. The minimum absolute atomic E-state index is 0.0972. The molecular formula is C31H42N2O5. The molecule has 7 nitrogen and oxygen atoms in total. The molecular weight excluding hydrogens is 480 g/mol. The van der Waals surface area contributed by atoms with E-state index in [2.05, 4.69) is 32.6 Å². The summed E-state index contributed by atoms with van der Waals surface area (Å²) >= 11 is 0. The van der Waals surface area contributed by atoms with Crippen LogP contribution in [0.2, 0.25) is 0 Å². The molecule has 0 bridgehead atoms. The van der Waals surface area contributed by atoms with Crippen LogP contribution in [0.3, 0.4) is 0 Å². The van der Waals surface area contributed by atoms with Gasteiger partial charge in [0, 0.05) is 12.1 Å². The molecule has 7 heteroatoms. The molecule has 2 aromatic rings. The maximum Gasteiger partial charge on any atom is 0.295 e. The van der Waals surface area contributed by atoms with Crippen LogP contribution >= 0.6 is 0 Å². The number of aliphatic hydroxyl groups excluding tert-OH is 1. The third kappa shape index (κ3) is 6.95. The Bertz CT molecular complexity index is 1110. The third-order valence-corrected chi connectivity index (χ3v) is 6.89. The smallest absolute Gasteiger partial charge is 0.295 e. The number of carbonyl (C=O) groups is 2. The Hall–Kier alpha value is -3.32. The first-order valence-electron chi connectivity index (χ1n) is 13.8. The van der Waals surface area contributed by atoms with E-state index in [1.54, 1.807) is 29.2 Å². The first-order chi connectivity index (χ1) is 18.3. The molecule has 206 valence electrons. The zero-order valence-corrected chi connectivity index (χ0v) is 23.4. The Morgan fingerprint density at radius 2 is 1.71 bits per heavy atom. The first-order valence-corrected chi connectivity index (χ1v) is 13.8. The molecule has 1 amide bonds. The van der Waals surface area contributed by atoms with E-state index in [0.717, 1.165) is 26.1 Å². The van der Waals surface area contributed by atoms with Crippen LogP contribution in [-0.2, 0) is 9.59 Å². The van der Waals surface area contributed by atoms with Gasteiger partial charge in [0.25, 0.3) is 11.7 Å². The Morgan fingerprint density at radius 1 is 1.00 bits per heavy atom. The monoisotopic (exact) mass is 522 g/mol. The molecule has 1 aliphatic rings. The number of hydrogen-bond acceptors (Lipinski definition) is 6. The minimum Gasteiger partial charge on any atom is -0.507 e. The van der Waals surface area contributed by atoms with Crippen LogP contribution in [0.5, 0.6) is 11.5 Å². The van der Waals surface area contributed by atoms with Gasteiger partial charge in [0.1, 0.15) is 5.76 Å². The maximum absolute atomic E-state index is 13.3. The quantitative estimate of drug-likeness (QED) is 0.196. The Balaban J connectivity index is 2.04. The highest BCUT2D eigenvalue weighted by molar-refractivity contribution is 6.46. The van der Waals surface area contributed by atoms with E-state index in [-0.39, 0.29) is 11.3 Å². The summed E-state index contributed by atoms with van der Waals surface area (Å²) in [5.74, 6) is 0.256. The molecule has 1 fully saturated rings.